The minimum absolute atomic E-state index is 0.0802. The maximum Gasteiger partial charge on any atom is 0.337 e. The number of esters is 1. The number of carbonyl (C=O) groups excluding carboxylic acids is 4. The van der Waals surface area contributed by atoms with Crippen LogP contribution in [0.1, 0.15) is 52.7 Å². The molecule has 0 bridgehead atoms. The minimum Gasteiger partial charge on any atom is -0.550 e. The van der Waals surface area contributed by atoms with Crippen LogP contribution in [0.25, 0.3) is 0 Å². The number of aliphatic carboxylic acids is 1. The highest BCUT2D eigenvalue weighted by Gasteiger charge is 2.45. The summed E-state index contributed by atoms with van der Waals surface area (Å²) in [5.74, 6) is -2.66. The number of para-hydroxylation sites is 2. The summed E-state index contributed by atoms with van der Waals surface area (Å²) < 4.78 is 10.1. The van der Waals surface area contributed by atoms with E-state index < -0.39 is 36.2 Å². The van der Waals surface area contributed by atoms with Gasteiger partial charge >= 0.3 is 5.97 Å². The smallest absolute Gasteiger partial charge is 0.337 e. The molecule has 1 heterocycles. The fourth-order valence-electron chi connectivity index (χ4n) is 5.57. The first-order chi connectivity index (χ1) is 19.8. The summed E-state index contributed by atoms with van der Waals surface area (Å²) in [4.78, 5) is 52.7. The van der Waals surface area contributed by atoms with Gasteiger partial charge in [0, 0.05) is 30.4 Å². The molecule has 0 unspecified atom stereocenters. The van der Waals surface area contributed by atoms with Crippen LogP contribution in [-0.4, -0.2) is 37.8 Å². The number of rotatable bonds is 7. The molecule has 0 saturated carbocycles. The predicted molar refractivity (Wildman–Crippen MR) is 149 cm³/mol. The second kappa shape index (κ2) is 11.7. The van der Waals surface area contributed by atoms with Gasteiger partial charge in [0.15, 0.2) is 0 Å². The number of nitrogens with one attached hydrogen (secondary N) is 1. The van der Waals surface area contributed by atoms with Gasteiger partial charge in [-0.2, -0.15) is 0 Å². The van der Waals surface area contributed by atoms with Crippen molar-refractivity contribution in [2.75, 3.05) is 24.4 Å². The van der Waals surface area contributed by atoms with Gasteiger partial charge in [0.25, 0.3) is 0 Å². The first kappa shape index (κ1) is 27.6. The van der Waals surface area contributed by atoms with Gasteiger partial charge < -0.3 is 29.6 Å². The molecule has 3 atom stereocenters. The number of ketones is 1. The van der Waals surface area contributed by atoms with Gasteiger partial charge in [-0.1, -0.05) is 42.5 Å². The number of ether oxygens (including phenoxy) is 2. The number of carboxylic acid groups (broad SMARTS) is 1. The van der Waals surface area contributed by atoms with Gasteiger partial charge in [-0.3, -0.25) is 9.59 Å². The second-order valence-electron chi connectivity index (χ2n) is 9.99. The van der Waals surface area contributed by atoms with Crippen molar-refractivity contribution in [1.29, 1.82) is 0 Å². The number of hydrogen-bond acceptors (Lipinski definition) is 8. The number of Topliss-reactive ketones (excluding diaryl/α,β-unsaturated/α-hetero) is 1. The van der Waals surface area contributed by atoms with E-state index in [1.165, 1.54) is 12.0 Å². The van der Waals surface area contributed by atoms with Crippen molar-refractivity contribution in [1.82, 2.24) is 0 Å². The number of hydrogen-bond donors (Lipinski definition) is 1. The first-order valence-electron chi connectivity index (χ1n) is 13.2. The normalized spacial score (nSPS) is 19.6. The van der Waals surface area contributed by atoms with E-state index >= 15 is 0 Å². The number of benzene rings is 3. The van der Waals surface area contributed by atoms with Crippen LogP contribution in [0.4, 0.5) is 11.4 Å². The summed E-state index contributed by atoms with van der Waals surface area (Å²) in [7, 11) is 2.88. The predicted octanol–water partition coefficient (Wildman–Crippen LogP) is 3.77. The zero-order chi connectivity index (χ0) is 29.1. The van der Waals surface area contributed by atoms with E-state index in [-0.39, 0.29) is 24.5 Å². The lowest BCUT2D eigenvalue weighted by molar-refractivity contribution is -0.305. The summed E-state index contributed by atoms with van der Waals surface area (Å²) >= 11 is 0. The van der Waals surface area contributed by atoms with Crippen molar-refractivity contribution in [3.05, 3.63) is 101 Å². The number of amides is 1. The average Bonchev–Trinajstić information content (AvgIpc) is 3.14. The molecule has 210 valence electrons. The van der Waals surface area contributed by atoms with E-state index in [1.54, 1.807) is 43.5 Å². The molecule has 9 nitrogen and oxygen atoms in total. The zero-order valence-corrected chi connectivity index (χ0v) is 22.7. The Labute approximate surface area is 237 Å². The summed E-state index contributed by atoms with van der Waals surface area (Å²) in [5, 5.41) is 14.7. The van der Waals surface area contributed by atoms with Crippen molar-refractivity contribution >= 4 is 35.0 Å². The molecule has 0 aromatic heterocycles. The van der Waals surface area contributed by atoms with Crippen LogP contribution in [-0.2, 0) is 19.1 Å². The van der Waals surface area contributed by atoms with Crippen LogP contribution in [0.3, 0.4) is 0 Å². The zero-order valence-electron chi connectivity index (χ0n) is 22.7. The molecule has 9 heteroatoms. The summed E-state index contributed by atoms with van der Waals surface area (Å²) in [5.41, 5.74) is 3.66. The highest BCUT2D eigenvalue weighted by atomic mass is 16.5. The SMILES string of the molecule is COC(=O)c1ccc([C@@H]2[C@H]3C(=O)C[C@@H](c4ccc(OC)cc4)C=C3Nc3ccccc3N2C(=O)CCC(=O)[O-])cc1. The Kier molecular flexibility index (Phi) is 7.87. The molecule has 0 radical (unpaired) electrons. The lowest BCUT2D eigenvalue weighted by Gasteiger charge is -2.37. The van der Waals surface area contributed by atoms with E-state index in [0.717, 1.165) is 5.56 Å². The van der Waals surface area contributed by atoms with Crippen molar-refractivity contribution in [2.24, 2.45) is 5.92 Å². The minimum atomic E-state index is -1.34. The molecule has 3 aromatic rings. The second-order valence-corrected chi connectivity index (χ2v) is 9.99. The Hall–Kier alpha value is -4.92. The van der Waals surface area contributed by atoms with E-state index in [9.17, 15) is 24.3 Å². The van der Waals surface area contributed by atoms with Crippen LogP contribution in [0.5, 0.6) is 5.75 Å². The number of carbonyl (C=O) groups is 4. The van der Waals surface area contributed by atoms with Gasteiger partial charge in [0.05, 0.1) is 43.1 Å². The molecule has 5 rings (SSSR count). The molecule has 2 aliphatic rings. The standard InChI is InChI=1S/C32H30N2O7/c1-40-23-13-11-19(12-14-23)22-17-25-30(27(35)18-22)31(20-7-9-21(10-8-20)32(39)41-2)34(28(36)15-16-29(37)38)26-6-4-3-5-24(26)33-25/h3-14,17,22,30-31,33H,15-16,18H2,1-2H3,(H,37,38)/p-1/t22-,30+,31+/m0/s1. The Balaban J connectivity index is 1.66. The first-order valence-corrected chi connectivity index (χ1v) is 13.2. The molecule has 0 saturated heterocycles. The molecule has 0 spiro atoms. The van der Waals surface area contributed by atoms with Gasteiger partial charge in [-0.25, -0.2) is 4.79 Å². The molecule has 1 N–H and O–H groups in total. The molecular formula is C32H29N2O7-. The van der Waals surface area contributed by atoms with Crippen molar-refractivity contribution in [3.8, 4) is 5.75 Å². The number of anilines is 2. The van der Waals surface area contributed by atoms with Gasteiger partial charge in [-0.05, 0) is 53.9 Å². The third-order valence-corrected chi connectivity index (χ3v) is 7.55. The molecule has 0 fully saturated rings. The van der Waals surface area contributed by atoms with E-state index in [2.05, 4.69) is 5.32 Å². The largest absolute Gasteiger partial charge is 0.550 e. The molecule has 41 heavy (non-hydrogen) atoms. The molecule has 1 amide bonds. The third kappa shape index (κ3) is 5.56. The van der Waals surface area contributed by atoms with E-state index in [1.807, 2.05) is 42.5 Å². The number of carboxylic acids is 1. The van der Waals surface area contributed by atoms with Crippen LogP contribution in [0, 0.1) is 5.92 Å². The van der Waals surface area contributed by atoms with Crippen LogP contribution < -0.4 is 20.1 Å². The van der Waals surface area contributed by atoms with Crippen LogP contribution in [0.15, 0.2) is 84.6 Å². The number of methoxy groups -OCH3 is 2. The van der Waals surface area contributed by atoms with Crippen LogP contribution >= 0.6 is 0 Å². The Bertz CT molecular complexity index is 1510. The highest BCUT2D eigenvalue weighted by molar-refractivity contribution is 6.02. The number of nitrogens with zero attached hydrogens (tertiary/aromatic N) is 1. The van der Waals surface area contributed by atoms with Crippen molar-refractivity contribution in [3.63, 3.8) is 0 Å². The third-order valence-electron chi connectivity index (χ3n) is 7.55. The maximum absolute atomic E-state index is 14.1. The van der Waals surface area contributed by atoms with Crippen molar-refractivity contribution < 1.29 is 33.8 Å². The van der Waals surface area contributed by atoms with E-state index in [0.29, 0.717) is 33.9 Å². The van der Waals surface area contributed by atoms with Gasteiger partial charge in [0.1, 0.15) is 11.5 Å². The fourth-order valence-corrected chi connectivity index (χ4v) is 5.57. The molecule has 1 aliphatic heterocycles. The molecule has 1 aliphatic carbocycles. The number of fused-ring (bicyclic) bond motifs is 2. The van der Waals surface area contributed by atoms with Gasteiger partial charge in [0.2, 0.25) is 5.91 Å². The summed E-state index contributed by atoms with van der Waals surface area (Å²) in [6, 6.07) is 20.5. The van der Waals surface area contributed by atoms with Crippen molar-refractivity contribution in [2.45, 2.75) is 31.2 Å². The quantitative estimate of drug-likeness (QED) is 0.439. The Morgan fingerprint density at radius 2 is 1.61 bits per heavy atom. The average molecular weight is 554 g/mol. The topological polar surface area (TPSA) is 125 Å². The lowest BCUT2D eigenvalue weighted by atomic mass is 9.76. The monoisotopic (exact) mass is 553 g/mol. The molecule has 3 aromatic carbocycles. The summed E-state index contributed by atoms with van der Waals surface area (Å²) in [6.45, 7) is 0. The molecular weight excluding hydrogens is 524 g/mol. The highest BCUT2D eigenvalue weighted by Crippen LogP contribution is 2.48. The van der Waals surface area contributed by atoms with E-state index in [4.69, 9.17) is 9.47 Å². The Morgan fingerprint density at radius 3 is 2.27 bits per heavy atom. The number of allylic oxidation sites excluding steroid dienone is 1. The van der Waals surface area contributed by atoms with Crippen LogP contribution in [0.2, 0.25) is 0 Å². The fraction of sp³-hybridized carbons (Fsp3) is 0.250. The van der Waals surface area contributed by atoms with Gasteiger partial charge in [-0.15, -0.1) is 0 Å². The maximum atomic E-state index is 14.1. The lowest BCUT2D eigenvalue weighted by Crippen LogP contribution is -2.43. The summed E-state index contributed by atoms with van der Waals surface area (Å²) in [6.07, 6.45) is 1.47. The Morgan fingerprint density at radius 1 is 0.927 bits per heavy atom.